The van der Waals surface area contributed by atoms with Gasteiger partial charge in [-0.3, -0.25) is 4.68 Å². The van der Waals surface area contributed by atoms with Crippen LogP contribution in [0.5, 0.6) is 5.75 Å². The molecule has 1 N–H and O–H groups in total. The van der Waals surface area contributed by atoms with Crippen molar-refractivity contribution in [1.29, 1.82) is 0 Å². The number of nitrogens with zero attached hydrogens (tertiary/aromatic N) is 3. The van der Waals surface area contributed by atoms with Crippen LogP contribution in [0.25, 0.3) is 11.3 Å². The first kappa shape index (κ1) is 24.6. The lowest BCUT2D eigenvalue weighted by Gasteiger charge is -2.31. The minimum absolute atomic E-state index is 0.0496. The minimum Gasteiger partial charge on any atom is -0.494 e. The molecule has 4 rings (SSSR count). The number of benzene rings is 1. The van der Waals surface area contributed by atoms with E-state index in [-0.39, 0.29) is 29.4 Å². The van der Waals surface area contributed by atoms with Gasteiger partial charge in [0.1, 0.15) is 16.4 Å². The largest absolute Gasteiger partial charge is 0.494 e. The van der Waals surface area contributed by atoms with Crippen LogP contribution in [0.1, 0.15) is 64.3 Å². The summed E-state index contributed by atoms with van der Waals surface area (Å²) in [7, 11) is -3.02. The van der Waals surface area contributed by atoms with Gasteiger partial charge in [-0.05, 0) is 65.2 Å². The van der Waals surface area contributed by atoms with Crippen LogP contribution < -0.4 is 10.2 Å². The Labute approximate surface area is 200 Å². The molecule has 2 aliphatic rings. The second-order valence-electron chi connectivity index (χ2n) is 9.93. The summed E-state index contributed by atoms with van der Waals surface area (Å²) in [5, 5.41) is 4.78. The zero-order valence-electron chi connectivity index (χ0n) is 20.3. The smallest absolute Gasteiger partial charge is 0.240 e. The maximum absolute atomic E-state index is 14.8. The summed E-state index contributed by atoms with van der Waals surface area (Å²) in [4.78, 5) is 14.0. The van der Waals surface area contributed by atoms with Crippen LogP contribution in [0, 0.1) is 10.7 Å². The molecule has 0 bridgehead atoms. The van der Waals surface area contributed by atoms with Crippen molar-refractivity contribution in [2.45, 2.75) is 77.4 Å². The maximum atomic E-state index is 14.8. The Morgan fingerprint density at radius 2 is 2.03 bits per heavy atom. The summed E-state index contributed by atoms with van der Waals surface area (Å²) >= 11 is 0. The van der Waals surface area contributed by atoms with Crippen LogP contribution in [0.4, 0.5) is 4.39 Å². The van der Waals surface area contributed by atoms with Crippen molar-refractivity contribution in [3.8, 4) is 17.0 Å². The van der Waals surface area contributed by atoms with Crippen molar-refractivity contribution in [3.05, 3.63) is 40.2 Å². The second kappa shape index (κ2) is 9.28. The van der Waals surface area contributed by atoms with Gasteiger partial charge in [0.05, 0.1) is 40.7 Å². The number of hydrogen-bond acceptors (Lipinski definition) is 5. The van der Waals surface area contributed by atoms with E-state index in [0.717, 1.165) is 16.1 Å². The van der Waals surface area contributed by atoms with E-state index in [1.165, 1.54) is 6.07 Å². The third kappa shape index (κ3) is 4.96. The van der Waals surface area contributed by atoms with E-state index < -0.39 is 15.4 Å². The molecule has 1 saturated heterocycles. The van der Waals surface area contributed by atoms with Crippen LogP contribution >= 0.6 is 0 Å². The number of halogens is 1. The third-order valence-corrected chi connectivity index (χ3v) is 8.56. The molecule has 0 unspecified atom stereocenters. The highest BCUT2D eigenvalue weighted by Crippen LogP contribution is 2.36. The van der Waals surface area contributed by atoms with Gasteiger partial charge in [-0.25, -0.2) is 12.8 Å². The van der Waals surface area contributed by atoms with Crippen LogP contribution in [-0.2, 0) is 22.7 Å². The average Bonchev–Trinajstić information content (AvgIpc) is 3.17. The van der Waals surface area contributed by atoms with Gasteiger partial charge in [0.2, 0.25) is 6.04 Å². The fourth-order valence-electron chi connectivity index (χ4n) is 4.86. The molecular weight excluding hydrogens is 459 g/mol. The van der Waals surface area contributed by atoms with Crippen molar-refractivity contribution in [2.75, 3.05) is 18.1 Å². The number of nitroso groups, excluding NO2 is 1. The van der Waals surface area contributed by atoms with E-state index in [0.29, 0.717) is 55.7 Å². The van der Waals surface area contributed by atoms with Crippen molar-refractivity contribution in [3.63, 3.8) is 0 Å². The number of fused-ring (bicyclic) bond motifs is 1. The summed E-state index contributed by atoms with van der Waals surface area (Å²) in [6.45, 7) is 8.32. The number of aromatic nitrogens is 2. The first-order chi connectivity index (χ1) is 16.0. The standard InChI is InChI=1S/C24H34FN4O4S/c1-5-33-18-7-9-21(25)20(15-18)23-19-8-6-17(14-22(19)28(26-23)16(2)3)29(30)27-24(4)10-12-34(31,32)13-11-24/h7,9,15-17H,5-6,8,10-14H2,1-4H3,(H,27,30)/q+1/t17-/m1/s1. The molecule has 1 aliphatic heterocycles. The van der Waals surface area contributed by atoms with E-state index in [1.807, 2.05) is 32.4 Å². The minimum atomic E-state index is -3.02. The fourth-order valence-corrected chi connectivity index (χ4v) is 6.59. The summed E-state index contributed by atoms with van der Waals surface area (Å²) in [6.07, 6.45) is 2.51. The molecule has 1 fully saturated rings. The molecule has 1 aromatic heterocycles. The van der Waals surface area contributed by atoms with Gasteiger partial charge in [-0.1, -0.05) is 0 Å². The third-order valence-electron chi connectivity index (χ3n) is 6.91. The molecular formula is C24H34FN4O4S+. The molecule has 34 heavy (non-hydrogen) atoms. The fraction of sp³-hybridized carbons (Fsp3) is 0.625. The average molecular weight is 494 g/mol. The van der Waals surface area contributed by atoms with E-state index in [1.54, 1.807) is 12.1 Å². The maximum Gasteiger partial charge on any atom is 0.240 e. The van der Waals surface area contributed by atoms with Crippen LogP contribution in [-0.4, -0.2) is 52.8 Å². The highest BCUT2D eigenvalue weighted by atomic mass is 32.2. The zero-order valence-corrected chi connectivity index (χ0v) is 21.1. The summed E-state index contributed by atoms with van der Waals surface area (Å²) < 4.78 is 45.9. The molecule has 186 valence electrons. The molecule has 1 aromatic carbocycles. The van der Waals surface area contributed by atoms with Crippen molar-refractivity contribution >= 4 is 9.84 Å². The van der Waals surface area contributed by atoms with Gasteiger partial charge in [0.15, 0.2) is 9.84 Å². The summed E-state index contributed by atoms with van der Waals surface area (Å²) in [5.41, 5.74) is 5.45. The molecule has 0 saturated carbocycles. The second-order valence-corrected chi connectivity index (χ2v) is 12.2. The van der Waals surface area contributed by atoms with E-state index in [9.17, 15) is 17.7 Å². The van der Waals surface area contributed by atoms with Crippen LogP contribution in [0.3, 0.4) is 0 Å². The Balaban J connectivity index is 1.59. The van der Waals surface area contributed by atoms with Gasteiger partial charge >= 0.3 is 0 Å². The van der Waals surface area contributed by atoms with E-state index >= 15 is 0 Å². The molecule has 8 nitrogen and oxygen atoms in total. The number of ether oxygens (including phenoxy) is 1. The van der Waals surface area contributed by atoms with E-state index in [4.69, 9.17) is 9.84 Å². The lowest BCUT2D eigenvalue weighted by molar-refractivity contribution is -0.653. The monoisotopic (exact) mass is 493 g/mol. The van der Waals surface area contributed by atoms with Crippen LogP contribution in [0.2, 0.25) is 0 Å². The molecule has 2 heterocycles. The van der Waals surface area contributed by atoms with E-state index in [2.05, 4.69) is 5.43 Å². The van der Waals surface area contributed by atoms with Gasteiger partial charge < -0.3 is 4.74 Å². The normalized spacial score (nSPS) is 21.2. The Hall–Kier alpha value is -2.49. The van der Waals surface area contributed by atoms with Crippen molar-refractivity contribution in [2.24, 2.45) is 0 Å². The molecule has 1 aliphatic carbocycles. The molecule has 0 spiro atoms. The molecule has 1 atom stereocenters. The SMILES string of the molecule is CCOc1ccc(F)c(-c2nn(C(C)C)c3c2CC[C@@H]([N+](=O)NC2(C)CCS(=O)(=O)CC2)C3)c1. The number of nitrogens with one attached hydrogen (secondary N) is 1. The van der Waals surface area contributed by atoms with Gasteiger partial charge in [0, 0.05) is 29.3 Å². The predicted octanol–water partition coefficient (Wildman–Crippen LogP) is 3.78. The topological polar surface area (TPSA) is 93.3 Å². The zero-order chi connectivity index (χ0) is 24.7. The lowest BCUT2D eigenvalue weighted by atomic mass is 9.89. The first-order valence-electron chi connectivity index (χ1n) is 12.0. The number of rotatable bonds is 7. The molecule has 0 radical (unpaired) electrons. The number of sulfone groups is 1. The number of hydrazine groups is 1. The predicted molar refractivity (Wildman–Crippen MR) is 128 cm³/mol. The quantitative estimate of drug-likeness (QED) is 0.466. The van der Waals surface area contributed by atoms with Gasteiger partial charge in [-0.15, -0.1) is 5.43 Å². The van der Waals surface area contributed by atoms with Gasteiger partial charge in [-0.2, -0.15) is 5.10 Å². The highest BCUT2D eigenvalue weighted by molar-refractivity contribution is 7.91. The molecule has 0 amide bonds. The summed E-state index contributed by atoms with van der Waals surface area (Å²) in [6, 6.07) is 4.44. The Bertz CT molecular complexity index is 1180. The highest BCUT2D eigenvalue weighted by Gasteiger charge is 2.42. The molecule has 10 heteroatoms. The Kier molecular flexibility index (Phi) is 6.72. The van der Waals surface area contributed by atoms with Crippen molar-refractivity contribution < 1.29 is 22.4 Å². The Morgan fingerprint density at radius 1 is 1.32 bits per heavy atom. The van der Waals surface area contributed by atoms with Crippen LogP contribution in [0.15, 0.2) is 18.2 Å². The Morgan fingerprint density at radius 3 is 2.68 bits per heavy atom. The summed E-state index contributed by atoms with van der Waals surface area (Å²) in [5.74, 6) is 0.427. The molecule has 2 aromatic rings. The van der Waals surface area contributed by atoms with Crippen molar-refractivity contribution in [1.82, 2.24) is 15.2 Å². The first-order valence-corrected chi connectivity index (χ1v) is 13.8. The number of hydrogen-bond donors (Lipinski definition) is 1. The van der Waals surface area contributed by atoms with Gasteiger partial charge in [0.25, 0.3) is 0 Å². The lowest BCUT2D eigenvalue weighted by Crippen LogP contribution is -2.55.